The Morgan fingerprint density at radius 1 is 0.455 bits per heavy atom. The molecule has 0 N–H and O–H groups in total. The zero-order valence-electron chi connectivity index (χ0n) is 17.8. The lowest BCUT2D eigenvalue weighted by molar-refractivity contribution is 0.0373. The minimum Gasteiger partial charge on any atom is -0.386 e. The molecule has 0 spiro atoms. The highest BCUT2D eigenvalue weighted by molar-refractivity contribution is 6.39. The van der Waals surface area contributed by atoms with Crippen molar-refractivity contribution in [1.29, 1.82) is 0 Å². The van der Waals surface area contributed by atoms with Crippen molar-refractivity contribution in [1.82, 2.24) is 0 Å². The van der Waals surface area contributed by atoms with Gasteiger partial charge in [0.2, 0.25) is 0 Å². The third kappa shape index (κ3) is 2.37. The third-order valence-corrected chi connectivity index (χ3v) is 6.15. The van der Waals surface area contributed by atoms with Crippen molar-refractivity contribution in [3.05, 3.63) is 70.8 Å². The fourth-order valence-corrected chi connectivity index (χ4v) is 4.96. The van der Waals surface area contributed by atoms with Crippen LogP contribution in [0.1, 0.15) is 61.7 Å². The van der Waals surface area contributed by atoms with Gasteiger partial charge >= 0.3 is 23.9 Å². The highest BCUT2D eigenvalue weighted by Gasteiger charge is 2.32. The molecule has 2 aliphatic heterocycles. The second-order valence-corrected chi connectivity index (χ2v) is 8.20. The molecule has 0 unspecified atom stereocenters. The van der Waals surface area contributed by atoms with Gasteiger partial charge in [-0.05, 0) is 56.6 Å². The molecule has 7 rings (SSSR count). The monoisotopic (exact) mass is 436 g/mol. The zero-order valence-corrected chi connectivity index (χ0v) is 17.8. The van der Waals surface area contributed by atoms with Crippen LogP contribution in [0.3, 0.4) is 0 Å². The maximum Gasteiger partial charge on any atom is 0.346 e. The van der Waals surface area contributed by atoms with Crippen LogP contribution >= 0.6 is 0 Å². The van der Waals surface area contributed by atoms with Crippen LogP contribution in [-0.4, -0.2) is 23.9 Å². The van der Waals surface area contributed by atoms with Crippen molar-refractivity contribution in [3.8, 4) is 0 Å². The van der Waals surface area contributed by atoms with E-state index in [0.29, 0.717) is 33.0 Å². The molecule has 5 aromatic rings. The van der Waals surface area contributed by atoms with E-state index in [4.69, 9.17) is 9.47 Å². The molecule has 0 amide bonds. The summed E-state index contributed by atoms with van der Waals surface area (Å²) >= 11 is 0. The molecule has 2 aliphatic rings. The molecular formula is C27H16O6. The Balaban J connectivity index is 0.000000655. The summed E-state index contributed by atoms with van der Waals surface area (Å²) in [6.45, 7) is 4.25. The normalized spacial score (nSPS) is 14.6. The number of hydrogen-bond acceptors (Lipinski definition) is 6. The van der Waals surface area contributed by atoms with Crippen molar-refractivity contribution in [2.24, 2.45) is 0 Å². The van der Waals surface area contributed by atoms with E-state index in [2.05, 4.69) is 13.8 Å². The Labute approximate surface area is 187 Å². The number of cyclic esters (lactones) is 4. The Hall–Kier alpha value is -4.32. The van der Waals surface area contributed by atoms with Gasteiger partial charge in [-0.2, -0.15) is 0 Å². The molecule has 0 bridgehead atoms. The summed E-state index contributed by atoms with van der Waals surface area (Å²) in [6.07, 6.45) is 1.25. The molecule has 2 heterocycles. The lowest BCUT2D eigenvalue weighted by atomic mass is 9.83. The van der Waals surface area contributed by atoms with Gasteiger partial charge in [-0.1, -0.05) is 44.5 Å². The standard InChI is InChI=1S/C24H8O6.C3H8/c25-21-13-5-1-9-10-2-6-15-20-16(24(28)30-23(15)27)8-4-12(18(10)20)11-3-7-14(22(26)29-21)19(13)17(9)11;1-3-2/h1-8H;3H2,1-2H3. The van der Waals surface area contributed by atoms with Gasteiger partial charge in [-0.15, -0.1) is 0 Å². The highest BCUT2D eigenvalue weighted by Crippen LogP contribution is 2.45. The van der Waals surface area contributed by atoms with Gasteiger partial charge in [0.05, 0.1) is 22.3 Å². The van der Waals surface area contributed by atoms with Crippen molar-refractivity contribution in [3.63, 3.8) is 0 Å². The van der Waals surface area contributed by atoms with Crippen LogP contribution < -0.4 is 0 Å². The predicted molar refractivity (Wildman–Crippen MR) is 123 cm³/mol. The lowest BCUT2D eigenvalue weighted by Crippen LogP contribution is -2.20. The SMILES string of the molecule is CCC.O=C1OC(=O)c2ccc3c4ccc5c6c(ccc(c7ccc1c2c73)c64)C(=O)OC5=O. The molecule has 0 saturated heterocycles. The second-order valence-electron chi connectivity index (χ2n) is 8.20. The van der Waals surface area contributed by atoms with Crippen molar-refractivity contribution in [2.75, 3.05) is 0 Å². The smallest absolute Gasteiger partial charge is 0.346 e. The van der Waals surface area contributed by atoms with E-state index in [1.54, 1.807) is 24.3 Å². The molecule has 0 aliphatic carbocycles. The van der Waals surface area contributed by atoms with E-state index >= 15 is 0 Å². The summed E-state index contributed by atoms with van der Waals surface area (Å²) < 4.78 is 9.74. The molecule has 6 nitrogen and oxygen atoms in total. The van der Waals surface area contributed by atoms with Gasteiger partial charge in [0.25, 0.3) is 0 Å². The molecule has 0 fully saturated rings. The average molecular weight is 436 g/mol. The average Bonchev–Trinajstić information content (AvgIpc) is 2.80. The largest absolute Gasteiger partial charge is 0.386 e. The molecule has 33 heavy (non-hydrogen) atoms. The van der Waals surface area contributed by atoms with Gasteiger partial charge in [0.15, 0.2) is 0 Å². The summed E-state index contributed by atoms with van der Waals surface area (Å²) in [7, 11) is 0. The van der Waals surface area contributed by atoms with Crippen molar-refractivity contribution >= 4 is 67.0 Å². The summed E-state index contributed by atoms with van der Waals surface area (Å²) in [5.74, 6) is -2.66. The summed E-state index contributed by atoms with van der Waals surface area (Å²) in [4.78, 5) is 49.3. The van der Waals surface area contributed by atoms with Crippen LogP contribution in [0.5, 0.6) is 0 Å². The van der Waals surface area contributed by atoms with E-state index in [-0.39, 0.29) is 0 Å². The number of benzene rings is 5. The third-order valence-electron chi connectivity index (χ3n) is 6.15. The number of rotatable bonds is 0. The van der Waals surface area contributed by atoms with E-state index < -0.39 is 23.9 Å². The second kappa shape index (κ2) is 6.59. The maximum absolute atomic E-state index is 12.3. The zero-order chi connectivity index (χ0) is 23.0. The molecule has 0 atom stereocenters. The minimum atomic E-state index is -0.666. The van der Waals surface area contributed by atoms with Gasteiger partial charge in [-0.25, -0.2) is 19.2 Å². The van der Waals surface area contributed by atoms with Crippen LogP contribution in [0.2, 0.25) is 0 Å². The van der Waals surface area contributed by atoms with Gasteiger partial charge < -0.3 is 9.47 Å². The Morgan fingerprint density at radius 3 is 0.939 bits per heavy atom. The number of ether oxygens (including phenoxy) is 2. The van der Waals surface area contributed by atoms with Crippen molar-refractivity contribution in [2.45, 2.75) is 20.3 Å². The van der Waals surface area contributed by atoms with Crippen LogP contribution in [0, 0.1) is 0 Å². The molecule has 0 radical (unpaired) electrons. The van der Waals surface area contributed by atoms with Crippen LogP contribution in [0.4, 0.5) is 0 Å². The number of esters is 4. The molecule has 0 saturated carbocycles. The molecule has 5 aromatic carbocycles. The van der Waals surface area contributed by atoms with Gasteiger partial charge in [0, 0.05) is 10.8 Å². The predicted octanol–water partition coefficient (Wildman–Crippen LogP) is 5.77. The Morgan fingerprint density at radius 2 is 0.697 bits per heavy atom. The van der Waals surface area contributed by atoms with Crippen molar-refractivity contribution < 1.29 is 28.7 Å². The van der Waals surface area contributed by atoms with E-state index in [1.807, 2.05) is 24.3 Å². The van der Waals surface area contributed by atoms with Crippen LogP contribution in [0.15, 0.2) is 48.5 Å². The van der Waals surface area contributed by atoms with Gasteiger partial charge in [0.1, 0.15) is 0 Å². The molecule has 0 aromatic heterocycles. The molecular weight excluding hydrogens is 420 g/mol. The maximum atomic E-state index is 12.3. The first-order valence-electron chi connectivity index (χ1n) is 10.7. The van der Waals surface area contributed by atoms with Gasteiger partial charge in [-0.3, -0.25) is 0 Å². The van der Waals surface area contributed by atoms with E-state index in [9.17, 15) is 19.2 Å². The first kappa shape index (κ1) is 19.4. The first-order chi connectivity index (χ1) is 16.0. The van der Waals surface area contributed by atoms with Crippen LogP contribution in [-0.2, 0) is 9.47 Å². The highest BCUT2D eigenvalue weighted by atomic mass is 16.6. The number of carbonyl (C=O) groups excluding carboxylic acids is 4. The topological polar surface area (TPSA) is 86.7 Å². The number of hydrogen-bond donors (Lipinski definition) is 0. The van der Waals surface area contributed by atoms with E-state index in [0.717, 1.165) is 32.3 Å². The first-order valence-corrected chi connectivity index (χ1v) is 10.7. The quantitative estimate of drug-likeness (QED) is 0.132. The fraction of sp³-hybridized carbons (Fsp3) is 0.111. The number of carbonyl (C=O) groups is 4. The summed E-state index contributed by atoms with van der Waals surface area (Å²) in [5.41, 5.74) is 1.38. The Bertz CT molecular complexity index is 1480. The Kier molecular flexibility index (Phi) is 3.87. The lowest BCUT2D eigenvalue weighted by Gasteiger charge is -2.22. The molecule has 160 valence electrons. The molecule has 6 heteroatoms. The summed E-state index contributed by atoms with van der Waals surface area (Å²) in [6, 6.07) is 13.9. The summed E-state index contributed by atoms with van der Waals surface area (Å²) in [5, 5.41) is 6.03. The fourth-order valence-electron chi connectivity index (χ4n) is 4.96. The minimum absolute atomic E-state index is 0.345. The van der Waals surface area contributed by atoms with Crippen LogP contribution in [0.25, 0.3) is 43.1 Å². The van der Waals surface area contributed by atoms with E-state index in [1.165, 1.54) is 6.42 Å². The number of fused-ring (bicyclic) bond motifs is 2.